The monoisotopic (exact) mass is 445 g/mol. The summed E-state index contributed by atoms with van der Waals surface area (Å²) in [6, 6.07) is 7.25. The molecule has 150 valence electrons. The molecule has 0 unspecified atom stereocenters. The summed E-state index contributed by atoms with van der Waals surface area (Å²) in [5, 5.41) is 8.08. The smallest absolute Gasteiger partial charge is 0.275 e. The van der Waals surface area contributed by atoms with Crippen LogP contribution in [-0.2, 0) is 17.0 Å². The van der Waals surface area contributed by atoms with Gasteiger partial charge in [0.25, 0.3) is 5.56 Å². The van der Waals surface area contributed by atoms with E-state index in [2.05, 4.69) is 20.4 Å². The molecule has 3 aromatic heterocycles. The number of hydrogen-bond donors (Lipinski definition) is 1. The molecule has 4 aromatic rings. The van der Waals surface area contributed by atoms with Gasteiger partial charge >= 0.3 is 0 Å². The first-order valence-corrected chi connectivity index (χ1v) is 11.8. The average Bonchev–Trinajstić information content (AvgIpc) is 3.29. The number of carbonyl (C=O) groups excluding carboxylic acids is 1. The van der Waals surface area contributed by atoms with Gasteiger partial charge in [0.2, 0.25) is 10.9 Å². The fourth-order valence-corrected chi connectivity index (χ4v) is 5.44. The normalized spacial score (nSPS) is 11.6. The topological polar surface area (TPSA) is 89.3 Å². The van der Waals surface area contributed by atoms with Crippen molar-refractivity contribution in [1.29, 1.82) is 0 Å². The Balaban J connectivity index is 1.51. The maximum absolute atomic E-state index is 12.3. The third-order valence-corrected chi connectivity index (χ3v) is 7.39. The number of benzene rings is 1. The number of amides is 1. The fraction of sp³-hybridized carbons (Fsp3) is 0.316. The van der Waals surface area contributed by atoms with Crippen LogP contribution in [0.1, 0.15) is 31.5 Å². The van der Waals surface area contributed by atoms with Gasteiger partial charge in [0.15, 0.2) is 4.34 Å². The summed E-state index contributed by atoms with van der Waals surface area (Å²) in [6.45, 7) is 5.73. The Bertz CT molecular complexity index is 1260. The van der Waals surface area contributed by atoms with Crippen molar-refractivity contribution >= 4 is 61.2 Å². The van der Waals surface area contributed by atoms with Crippen LogP contribution in [0.25, 0.3) is 15.2 Å². The summed E-state index contributed by atoms with van der Waals surface area (Å²) >= 11 is 4.55. The molecule has 0 bridgehead atoms. The maximum atomic E-state index is 12.3. The Morgan fingerprint density at radius 1 is 1.24 bits per heavy atom. The highest BCUT2D eigenvalue weighted by Gasteiger charge is 2.12. The van der Waals surface area contributed by atoms with Gasteiger partial charge in [0.1, 0.15) is 5.01 Å². The lowest BCUT2D eigenvalue weighted by molar-refractivity contribution is -0.118. The molecule has 1 N–H and O–H groups in total. The number of anilines is 1. The summed E-state index contributed by atoms with van der Waals surface area (Å²) in [4.78, 5) is 34.0. The van der Waals surface area contributed by atoms with Crippen LogP contribution in [0.2, 0.25) is 0 Å². The van der Waals surface area contributed by atoms with Crippen molar-refractivity contribution in [3.63, 3.8) is 0 Å². The summed E-state index contributed by atoms with van der Waals surface area (Å²) in [5.74, 6) is 0.478. The Hall–Kier alpha value is -2.30. The molecule has 3 heterocycles. The largest absolute Gasteiger partial charge is 0.326 e. The highest BCUT2D eigenvalue weighted by molar-refractivity contribution is 8.00. The van der Waals surface area contributed by atoms with E-state index in [9.17, 15) is 9.59 Å². The van der Waals surface area contributed by atoms with Crippen molar-refractivity contribution in [3.8, 4) is 0 Å². The molecule has 4 rings (SSSR count). The van der Waals surface area contributed by atoms with Gasteiger partial charge in [0, 0.05) is 23.4 Å². The molecule has 0 saturated heterocycles. The van der Waals surface area contributed by atoms with Crippen molar-refractivity contribution < 1.29 is 4.79 Å². The quantitative estimate of drug-likeness (QED) is 0.447. The maximum Gasteiger partial charge on any atom is 0.275 e. The molecular weight excluding hydrogens is 426 g/mol. The van der Waals surface area contributed by atoms with Crippen LogP contribution in [-0.4, -0.2) is 25.5 Å². The van der Waals surface area contributed by atoms with Gasteiger partial charge in [-0.25, -0.2) is 9.97 Å². The van der Waals surface area contributed by atoms with Crippen LogP contribution in [0.5, 0.6) is 0 Å². The number of fused-ring (bicyclic) bond motifs is 2. The molecule has 7 nitrogen and oxygen atoms in total. The molecule has 0 atom stereocenters. The first-order chi connectivity index (χ1) is 13.9. The second-order valence-electron chi connectivity index (χ2n) is 6.72. The van der Waals surface area contributed by atoms with Crippen LogP contribution >= 0.6 is 34.4 Å². The number of thioether (sulfide) groups is 1. The van der Waals surface area contributed by atoms with Crippen LogP contribution in [0.15, 0.2) is 33.4 Å². The lowest BCUT2D eigenvalue weighted by Gasteiger charge is -2.06. The van der Waals surface area contributed by atoms with E-state index in [0.29, 0.717) is 10.7 Å². The number of thiazole rings is 1. The molecule has 0 radical (unpaired) electrons. The lowest BCUT2D eigenvalue weighted by atomic mass is 10.2. The predicted octanol–water partition coefficient (Wildman–Crippen LogP) is 4.21. The lowest BCUT2D eigenvalue weighted by Crippen LogP contribution is -2.17. The van der Waals surface area contributed by atoms with Crippen LogP contribution < -0.4 is 10.9 Å². The number of carbonyl (C=O) groups is 1. The zero-order chi connectivity index (χ0) is 20.5. The van der Waals surface area contributed by atoms with E-state index in [-0.39, 0.29) is 17.4 Å². The zero-order valence-electron chi connectivity index (χ0n) is 16.1. The van der Waals surface area contributed by atoms with Crippen LogP contribution in [0, 0.1) is 5.92 Å². The number of hydrogen-bond acceptors (Lipinski definition) is 8. The number of nitrogens with zero attached hydrogens (tertiary/aromatic N) is 4. The minimum atomic E-state index is -0.156. The van der Waals surface area contributed by atoms with Gasteiger partial charge in [-0.15, -0.1) is 11.3 Å². The standard InChI is InChI=1S/C19H19N5O2S3/c1-4-15-23-24-16(25)8-12(21-18(24)29-15)9-27-19-22-13-6-5-11(7-14(13)28-19)20-17(26)10(2)3/h5-8,10H,4,9H2,1-3H3,(H,20,26). The van der Waals surface area contributed by atoms with Crippen molar-refractivity contribution in [3.05, 3.63) is 45.3 Å². The van der Waals surface area contributed by atoms with Gasteiger partial charge in [-0.1, -0.05) is 43.9 Å². The van der Waals surface area contributed by atoms with Gasteiger partial charge in [-0.2, -0.15) is 9.61 Å². The molecule has 0 aliphatic rings. The second kappa shape index (κ2) is 8.21. The van der Waals surface area contributed by atoms with Gasteiger partial charge in [-0.3, -0.25) is 9.59 Å². The summed E-state index contributed by atoms with van der Waals surface area (Å²) < 4.78 is 3.27. The first-order valence-electron chi connectivity index (χ1n) is 9.16. The van der Waals surface area contributed by atoms with Crippen molar-refractivity contribution in [1.82, 2.24) is 19.6 Å². The molecular formula is C19H19N5O2S3. The summed E-state index contributed by atoms with van der Waals surface area (Å²) in [5.41, 5.74) is 2.22. The SMILES string of the molecule is CCc1nn2c(=O)cc(CSc3nc4ccc(NC(=O)C(C)C)cc4s3)nc2s1. The fourth-order valence-electron chi connectivity index (χ4n) is 2.58. The summed E-state index contributed by atoms with van der Waals surface area (Å²) in [7, 11) is 0. The van der Waals surface area contributed by atoms with E-state index in [1.165, 1.54) is 21.9 Å². The minimum absolute atomic E-state index is 0.00878. The molecule has 0 saturated carbocycles. The molecule has 1 amide bonds. The molecule has 0 aliphatic heterocycles. The number of aromatic nitrogens is 4. The molecule has 0 spiro atoms. The first kappa shape index (κ1) is 20.0. The molecule has 1 aromatic carbocycles. The van der Waals surface area contributed by atoms with E-state index >= 15 is 0 Å². The predicted molar refractivity (Wildman–Crippen MR) is 119 cm³/mol. The van der Waals surface area contributed by atoms with Gasteiger partial charge in [-0.05, 0) is 24.6 Å². The molecule has 0 aliphatic carbocycles. The van der Waals surface area contributed by atoms with E-state index in [4.69, 9.17) is 0 Å². The Morgan fingerprint density at radius 2 is 2.07 bits per heavy atom. The van der Waals surface area contributed by atoms with E-state index < -0.39 is 0 Å². The van der Waals surface area contributed by atoms with Crippen LogP contribution in [0.4, 0.5) is 5.69 Å². The third-order valence-electron chi connectivity index (χ3n) is 4.15. The summed E-state index contributed by atoms with van der Waals surface area (Å²) in [6.07, 6.45) is 0.781. The highest BCUT2D eigenvalue weighted by atomic mass is 32.2. The van der Waals surface area contributed by atoms with E-state index in [0.717, 1.165) is 37.4 Å². The Kier molecular flexibility index (Phi) is 5.66. The van der Waals surface area contributed by atoms with Crippen molar-refractivity contribution in [2.24, 2.45) is 5.92 Å². The number of rotatable bonds is 6. The zero-order valence-corrected chi connectivity index (χ0v) is 18.6. The van der Waals surface area contributed by atoms with Crippen molar-refractivity contribution in [2.75, 3.05) is 5.32 Å². The van der Waals surface area contributed by atoms with E-state index in [1.807, 2.05) is 39.0 Å². The number of nitrogens with one attached hydrogen (secondary N) is 1. The highest BCUT2D eigenvalue weighted by Crippen LogP contribution is 2.32. The molecule has 29 heavy (non-hydrogen) atoms. The van der Waals surface area contributed by atoms with Crippen LogP contribution in [0.3, 0.4) is 0 Å². The average molecular weight is 446 g/mol. The molecule has 10 heteroatoms. The minimum Gasteiger partial charge on any atom is -0.326 e. The van der Waals surface area contributed by atoms with Gasteiger partial charge < -0.3 is 5.32 Å². The Labute approximate surface area is 179 Å². The molecule has 0 fully saturated rings. The Morgan fingerprint density at radius 3 is 2.83 bits per heavy atom. The number of aryl methyl sites for hydroxylation is 1. The van der Waals surface area contributed by atoms with Crippen molar-refractivity contribution in [2.45, 2.75) is 37.3 Å². The van der Waals surface area contributed by atoms with Gasteiger partial charge in [0.05, 0.1) is 15.9 Å². The van der Waals surface area contributed by atoms with E-state index in [1.54, 1.807) is 23.1 Å². The second-order valence-corrected chi connectivity index (χ2v) is 10.0. The third kappa shape index (κ3) is 4.34.